The van der Waals surface area contributed by atoms with Crippen LogP contribution in [0, 0.1) is 6.92 Å². The maximum Gasteiger partial charge on any atom is 0.221 e. The van der Waals surface area contributed by atoms with E-state index in [0.29, 0.717) is 18.4 Å². The molecule has 20 heavy (non-hydrogen) atoms. The zero-order valence-electron chi connectivity index (χ0n) is 12.3. The molecule has 4 nitrogen and oxygen atoms in total. The fourth-order valence-corrected chi connectivity index (χ4v) is 2.04. The maximum absolute atomic E-state index is 5.48. The highest BCUT2D eigenvalue weighted by molar-refractivity contribution is 5.47. The van der Waals surface area contributed by atoms with E-state index in [4.69, 9.17) is 4.74 Å². The van der Waals surface area contributed by atoms with Crippen LogP contribution in [0.5, 0.6) is 5.88 Å². The van der Waals surface area contributed by atoms with Crippen molar-refractivity contribution < 1.29 is 4.74 Å². The second kappa shape index (κ2) is 6.89. The number of ether oxygens (including phenoxy) is 1. The maximum atomic E-state index is 5.48. The standard InChI is InChI=1S/C16H21N3O/c1-4-20-16-13(3)15(18-11-19-16)17-10-12(2)14-8-6-5-7-9-14/h5-9,11-12H,4,10H2,1-3H3,(H,17,18,19). The molecule has 1 heterocycles. The average Bonchev–Trinajstić information content (AvgIpc) is 2.49. The van der Waals surface area contributed by atoms with E-state index >= 15 is 0 Å². The lowest BCUT2D eigenvalue weighted by molar-refractivity contribution is 0.324. The number of anilines is 1. The van der Waals surface area contributed by atoms with Crippen LogP contribution in [0.3, 0.4) is 0 Å². The molecule has 106 valence electrons. The Balaban J connectivity index is 2.02. The van der Waals surface area contributed by atoms with Crippen LogP contribution in [0.4, 0.5) is 5.82 Å². The van der Waals surface area contributed by atoms with Crippen LogP contribution in [0.15, 0.2) is 36.7 Å². The molecule has 1 atom stereocenters. The molecule has 0 saturated carbocycles. The summed E-state index contributed by atoms with van der Waals surface area (Å²) < 4.78 is 5.48. The van der Waals surface area contributed by atoms with Crippen molar-refractivity contribution >= 4 is 5.82 Å². The van der Waals surface area contributed by atoms with Crippen molar-refractivity contribution in [2.24, 2.45) is 0 Å². The number of benzene rings is 1. The third-order valence-corrected chi connectivity index (χ3v) is 3.26. The Bertz CT molecular complexity index is 543. The number of hydrogen-bond acceptors (Lipinski definition) is 4. The largest absolute Gasteiger partial charge is 0.478 e. The van der Waals surface area contributed by atoms with Gasteiger partial charge < -0.3 is 10.1 Å². The summed E-state index contributed by atoms with van der Waals surface area (Å²) in [7, 11) is 0. The second-order valence-electron chi connectivity index (χ2n) is 4.78. The van der Waals surface area contributed by atoms with E-state index in [1.807, 2.05) is 19.9 Å². The van der Waals surface area contributed by atoms with Crippen molar-refractivity contribution in [2.75, 3.05) is 18.5 Å². The van der Waals surface area contributed by atoms with Crippen molar-refractivity contribution in [3.05, 3.63) is 47.8 Å². The topological polar surface area (TPSA) is 47.0 Å². The highest BCUT2D eigenvalue weighted by Crippen LogP contribution is 2.22. The third-order valence-electron chi connectivity index (χ3n) is 3.26. The van der Waals surface area contributed by atoms with Crippen LogP contribution in [0.2, 0.25) is 0 Å². The molecule has 1 unspecified atom stereocenters. The predicted molar refractivity (Wildman–Crippen MR) is 81.3 cm³/mol. The van der Waals surface area contributed by atoms with Gasteiger partial charge in [0.05, 0.1) is 12.2 Å². The van der Waals surface area contributed by atoms with Gasteiger partial charge in [-0.25, -0.2) is 9.97 Å². The molecule has 0 spiro atoms. The van der Waals surface area contributed by atoms with Gasteiger partial charge in [-0.05, 0) is 25.3 Å². The fraction of sp³-hybridized carbons (Fsp3) is 0.375. The molecule has 4 heteroatoms. The summed E-state index contributed by atoms with van der Waals surface area (Å²) in [5.41, 5.74) is 2.27. The Labute approximate surface area is 120 Å². The average molecular weight is 271 g/mol. The normalized spacial score (nSPS) is 11.9. The smallest absolute Gasteiger partial charge is 0.221 e. The Morgan fingerprint density at radius 2 is 1.95 bits per heavy atom. The number of rotatable bonds is 6. The lowest BCUT2D eigenvalue weighted by Gasteiger charge is -2.15. The molecule has 0 amide bonds. The minimum atomic E-state index is 0.418. The van der Waals surface area contributed by atoms with Crippen molar-refractivity contribution in [3.8, 4) is 5.88 Å². The van der Waals surface area contributed by atoms with Gasteiger partial charge in [-0.1, -0.05) is 37.3 Å². The predicted octanol–water partition coefficient (Wildman–Crippen LogP) is 3.40. The van der Waals surface area contributed by atoms with E-state index in [1.54, 1.807) is 0 Å². The minimum absolute atomic E-state index is 0.418. The van der Waals surface area contributed by atoms with E-state index in [-0.39, 0.29) is 0 Å². The summed E-state index contributed by atoms with van der Waals surface area (Å²) in [5, 5.41) is 3.38. The molecular formula is C16H21N3O. The van der Waals surface area contributed by atoms with Gasteiger partial charge in [0.25, 0.3) is 0 Å². The monoisotopic (exact) mass is 271 g/mol. The van der Waals surface area contributed by atoms with E-state index in [9.17, 15) is 0 Å². The van der Waals surface area contributed by atoms with Crippen LogP contribution >= 0.6 is 0 Å². The van der Waals surface area contributed by atoms with Gasteiger partial charge in [0, 0.05) is 6.54 Å². The lowest BCUT2D eigenvalue weighted by Crippen LogP contribution is -2.12. The molecule has 1 aromatic heterocycles. The highest BCUT2D eigenvalue weighted by atomic mass is 16.5. The Kier molecular flexibility index (Phi) is 4.93. The Hall–Kier alpha value is -2.10. The number of aromatic nitrogens is 2. The first-order chi connectivity index (χ1) is 9.72. The first kappa shape index (κ1) is 14.3. The molecule has 2 rings (SSSR count). The lowest BCUT2D eigenvalue weighted by atomic mass is 10.0. The first-order valence-electron chi connectivity index (χ1n) is 6.95. The van der Waals surface area contributed by atoms with Crippen molar-refractivity contribution in [2.45, 2.75) is 26.7 Å². The van der Waals surface area contributed by atoms with Gasteiger partial charge in [0.2, 0.25) is 5.88 Å². The van der Waals surface area contributed by atoms with Gasteiger partial charge in [-0.3, -0.25) is 0 Å². The molecule has 0 aliphatic rings. The molecule has 1 N–H and O–H groups in total. The van der Waals surface area contributed by atoms with Crippen LogP contribution in [-0.4, -0.2) is 23.1 Å². The molecular weight excluding hydrogens is 250 g/mol. The second-order valence-corrected chi connectivity index (χ2v) is 4.78. The van der Waals surface area contributed by atoms with Gasteiger partial charge in [-0.2, -0.15) is 0 Å². The Morgan fingerprint density at radius 1 is 1.20 bits per heavy atom. The first-order valence-corrected chi connectivity index (χ1v) is 6.95. The van der Waals surface area contributed by atoms with Crippen LogP contribution in [0.25, 0.3) is 0 Å². The van der Waals surface area contributed by atoms with E-state index in [2.05, 4.69) is 46.5 Å². The van der Waals surface area contributed by atoms with Crippen molar-refractivity contribution in [3.63, 3.8) is 0 Å². The molecule has 0 radical (unpaired) electrons. The summed E-state index contributed by atoms with van der Waals surface area (Å²) in [6, 6.07) is 10.5. The van der Waals surface area contributed by atoms with Crippen LogP contribution in [-0.2, 0) is 0 Å². The third kappa shape index (κ3) is 3.47. The minimum Gasteiger partial charge on any atom is -0.478 e. The quantitative estimate of drug-likeness (QED) is 0.874. The summed E-state index contributed by atoms with van der Waals surface area (Å²) in [6.07, 6.45) is 1.54. The molecule has 0 bridgehead atoms. The van der Waals surface area contributed by atoms with E-state index < -0.39 is 0 Å². The van der Waals surface area contributed by atoms with Crippen molar-refractivity contribution in [1.29, 1.82) is 0 Å². The molecule has 0 fully saturated rings. The van der Waals surface area contributed by atoms with Gasteiger partial charge in [-0.15, -0.1) is 0 Å². The zero-order chi connectivity index (χ0) is 14.4. The summed E-state index contributed by atoms with van der Waals surface area (Å²) in [5.74, 6) is 1.91. The number of nitrogens with one attached hydrogen (secondary N) is 1. The van der Waals surface area contributed by atoms with E-state index in [0.717, 1.165) is 17.9 Å². The van der Waals surface area contributed by atoms with Gasteiger partial charge in [0.1, 0.15) is 12.1 Å². The molecule has 0 aliphatic carbocycles. The fourth-order valence-electron chi connectivity index (χ4n) is 2.04. The Morgan fingerprint density at radius 3 is 2.65 bits per heavy atom. The molecule has 1 aromatic carbocycles. The summed E-state index contributed by atoms with van der Waals surface area (Å²) in [4.78, 5) is 8.43. The van der Waals surface area contributed by atoms with Gasteiger partial charge >= 0.3 is 0 Å². The highest BCUT2D eigenvalue weighted by Gasteiger charge is 2.10. The number of hydrogen-bond donors (Lipinski definition) is 1. The molecule has 2 aromatic rings. The summed E-state index contributed by atoms with van der Waals surface area (Å²) >= 11 is 0. The molecule has 0 aliphatic heterocycles. The SMILES string of the molecule is CCOc1ncnc(NCC(C)c2ccccc2)c1C. The zero-order valence-corrected chi connectivity index (χ0v) is 12.3. The van der Waals surface area contributed by atoms with Crippen LogP contribution < -0.4 is 10.1 Å². The molecule has 0 saturated heterocycles. The van der Waals surface area contributed by atoms with Gasteiger partial charge in [0.15, 0.2) is 0 Å². The van der Waals surface area contributed by atoms with Crippen molar-refractivity contribution in [1.82, 2.24) is 9.97 Å². The number of nitrogens with zero attached hydrogens (tertiary/aromatic N) is 2. The van der Waals surface area contributed by atoms with Crippen LogP contribution in [0.1, 0.15) is 30.9 Å². The summed E-state index contributed by atoms with van der Waals surface area (Å²) in [6.45, 7) is 7.56. The van der Waals surface area contributed by atoms with E-state index in [1.165, 1.54) is 11.9 Å².